The normalized spacial score (nSPS) is 14.9. The molecule has 20 heavy (non-hydrogen) atoms. The Morgan fingerprint density at radius 1 is 1.25 bits per heavy atom. The zero-order valence-electron chi connectivity index (χ0n) is 11.2. The van der Waals surface area contributed by atoms with Crippen molar-refractivity contribution >= 4 is 0 Å². The summed E-state index contributed by atoms with van der Waals surface area (Å²) in [6.45, 7) is 0.439. The number of halogens is 3. The highest BCUT2D eigenvalue weighted by Gasteiger charge is 2.32. The minimum atomic E-state index is -4.54. The Morgan fingerprint density at radius 3 is 2.40 bits per heavy atom. The van der Waals surface area contributed by atoms with Gasteiger partial charge in [0.2, 0.25) is 0 Å². The molecule has 4 nitrogen and oxygen atoms in total. The minimum absolute atomic E-state index is 0.0188. The lowest BCUT2D eigenvalue weighted by atomic mass is 9.99. The molecule has 7 heteroatoms. The topological polar surface area (TPSA) is 61.7 Å². The van der Waals surface area contributed by atoms with E-state index < -0.39 is 23.9 Å². The summed E-state index contributed by atoms with van der Waals surface area (Å²) >= 11 is 0. The molecule has 1 rings (SSSR count). The van der Waals surface area contributed by atoms with Crippen molar-refractivity contribution in [2.75, 3.05) is 20.7 Å². The van der Waals surface area contributed by atoms with Crippen molar-refractivity contribution in [1.82, 2.24) is 5.32 Å². The van der Waals surface area contributed by atoms with Gasteiger partial charge in [0, 0.05) is 0 Å². The zero-order chi connectivity index (χ0) is 15.3. The molecule has 0 aromatic heterocycles. The van der Waals surface area contributed by atoms with Crippen LogP contribution in [0.2, 0.25) is 0 Å². The van der Waals surface area contributed by atoms with Gasteiger partial charge >= 0.3 is 6.18 Å². The number of benzene rings is 1. The van der Waals surface area contributed by atoms with Gasteiger partial charge in [-0.15, -0.1) is 0 Å². The van der Waals surface area contributed by atoms with Crippen LogP contribution in [-0.4, -0.2) is 37.0 Å². The molecule has 0 bridgehead atoms. The number of aliphatic hydroxyl groups is 2. The molecule has 0 saturated heterocycles. The summed E-state index contributed by atoms with van der Waals surface area (Å²) in [5.74, 6) is -0.0188. The van der Waals surface area contributed by atoms with Crippen molar-refractivity contribution in [3.8, 4) is 5.75 Å². The quantitative estimate of drug-likeness (QED) is 0.747. The highest BCUT2D eigenvalue weighted by Crippen LogP contribution is 2.34. The second kappa shape index (κ2) is 6.92. The van der Waals surface area contributed by atoms with Crippen LogP contribution in [-0.2, 0) is 6.18 Å². The first-order valence-electron chi connectivity index (χ1n) is 6.06. The Balaban J connectivity index is 3.04. The van der Waals surface area contributed by atoms with E-state index in [-0.39, 0.29) is 17.7 Å². The fraction of sp³-hybridized carbons (Fsp3) is 0.538. The first kappa shape index (κ1) is 16.7. The van der Waals surface area contributed by atoms with E-state index in [0.717, 1.165) is 12.1 Å². The molecule has 0 fully saturated rings. The van der Waals surface area contributed by atoms with E-state index in [1.807, 2.05) is 0 Å². The van der Waals surface area contributed by atoms with E-state index >= 15 is 0 Å². The molecule has 1 aromatic rings. The maximum Gasteiger partial charge on any atom is 0.416 e. The molecule has 1 aromatic carbocycles. The molecular formula is C13H18F3NO3. The Kier molecular flexibility index (Phi) is 5.79. The summed E-state index contributed by atoms with van der Waals surface area (Å²) in [6, 6.07) is 2.94. The predicted octanol–water partition coefficient (Wildman–Crippen LogP) is 1.72. The summed E-state index contributed by atoms with van der Waals surface area (Å²) in [5.41, 5.74) is -0.952. The van der Waals surface area contributed by atoms with Crippen LogP contribution in [0.25, 0.3) is 0 Å². The zero-order valence-corrected chi connectivity index (χ0v) is 11.2. The van der Waals surface area contributed by atoms with Crippen molar-refractivity contribution < 1.29 is 28.1 Å². The lowest BCUT2D eigenvalue weighted by Gasteiger charge is -2.20. The molecule has 0 aliphatic carbocycles. The number of alkyl halides is 3. The number of ether oxygens (including phenoxy) is 1. The molecule has 0 radical (unpaired) electrons. The Hall–Kier alpha value is -1.31. The summed E-state index contributed by atoms with van der Waals surface area (Å²) in [7, 11) is 2.91. The first-order chi connectivity index (χ1) is 9.29. The molecule has 2 atom stereocenters. The lowest BCUT2D eigenvalue weighted by molar-refractivity contribution is -0.137. The van der Waals surface area contributed by atoms with Crippen LogP contribution in [0.15, 0.2) is 18.2 Å². The van der Waals surface area contributed by atoms with Crippen molar-refractivity contribution in [2.24, 2.45) is 0 Å². The van der Waals surface area contributed by atoms with Gasteiger partial charge in [-0.25, -0.2) is 0 Å². The number of hydrogen-bond acceptors (Lipinski definition) is 4. The Morgan fingerprint density at radius 2 is 1.90 bits per heavy atom. The smallest absolute Gasteiger partial charge is 0.416 e. The molecule has 2 unspecified atom stereocenters. The minimum Gasteiger partial charge on any atom is -0.497 e. The second-order valence-electron chi connectivity index (χ2n) is 4.40. The van der Waals surface area contributed by atoms with Gasteiger partial charge in [0.05, 0.1) is 18.8 Å². The Labute approximate surface area is 115 Å². The van der Waals surface area contributed by atoms with Crippen LogP contribution in [0.3, 0.4) is 0 Å². The third-order valence-corrected chi connectivity index (χ3v) is 2.89. The summed E-state index contributed by atoms with van der Waals surface area (Å²) in [4.78, 5) is 0. The predicted molar refractivity (Wildman–Crippen MR) is 67.5 cm³/mol. The number of nitrogens with one attached hydrogen (secondary N) is 1. The van der Waals surface area contributed by atoms with E-state index in [2.05, 4.69) is 5.32 Å². The van der Waals surface area contributed by atoms with Crippen LogP contribution in [0.5, 0.6) is 5.75 Å². The average Bonchev–Trinajstić information content (AvgIpc) is 2.42. The number of hydrogen-bond donors (Lipinski definition) is 3. The molecule has 3 N–H and O–H groups in total. The van der Waals surface area contributed by atoms with Gasteiger partial charge in [-0.05, 0) is 43.8 Å². The molecule has 0 aliphatic rings. The van der Waals surface area contributed by atoms with E-state index in [1.165, 1.54) is 13.2 Å². The maximum absolute atomic E-state index is 12.7. The molecular weight excluding hydrogens is 275 g/mol. The third-order valence-electron chi connectivity index (χ3n) is 2.89. The highest BCUT2D eigenvalue weighted by atomic mass is 19.4. The lowest BCUT2D eigenvalue weighted by Crippen LogP contribution is -2.23. The maximum atomic E-state index is 12.7. The molecule has 0 spiro atoms. The van der Waals surface area contributed by atoms with Crippen molar-refractivity contribution in [3.05, 3.63) is 29.3 Å². The van der Waals surface area contributed by atoms with Crippen LogP contribution < -0.4 is 10.1 Å². The molecule has 0 aliphatic heterocycles. The summed E-state index contributed by atoms with van der Waals surface area (Å²) in [5, 5.41) is 22.5. The third kappa shape index (κ3) is 4.36. The van der Waals surface area contributed by atoms with Crippen LogP contribution >= 0.6 is 0 Å². The molecule has 114 valence electrons. The van der Waals surface area contributed by atoms with E-state index in [1.54, 1.807) is 7.05 Å². The fourth-order valence-electron chi connectivity index (χ4n) is 1.75. The number of aliphatic hydroxyl groups excluding tert-OH is 2. The van der Waals surface area contributed by atoms with Gasteiger partial charge < -0.3 is 20.3 Å². The standard InChI is InChI=1S/C13H18F3NO3/c1-17-4-3-11(18)12(19)8-5-9(13(14,15)16)7-10(6-8)20-2/h5-7,11-12,17-19H,3-4H2,1-2H3. The number of rotatable bonds is 6. The van der Waals surface area contributed by atoms with Crippen LogP contribution in [0.1, 0.15) is 23.7 Å². The highest BCUT2D eigenvalue weighted by molar-refractivity contribution is 5.37. The number of methoxy groups -OCH3 is 1. The monoisotopic (exact) mass is 293 g/mol. The molecule has 0 heterocycles. The van der Waals surface area contributed by atoms with Crippen LogP contribution in [0.4, 0.5) is 13.2 Å². The van der Waals surface area contributed by atoms with Crippen molar-refractivity contribution in [1.29, 1.82) is 0 Å². The molecule has 0 amide bonds. The van der Waals surface area contributed by atoms with Gasteiger partial charge in [0.25, 0.3) is 0 Å². The van der Waals surface area contributed by atoms with E-state index in [4.69, 9.17) is 4.74 Å². The SMILES string of the molecule is CNCCC(O)C(O)c1cc(OC)cc(C(F)(F)F)c1. The summed E-state index contributed by atoms with van der Waals surface area (Å²) in [6.07, 6.45) is -6.88. The summed E-state index contributed by atoms with van der Waals surface area (Å²) < 4.78 is 43.0. The molecule has 0 saturated carbocycles. The Bertz CT molecular complexity index is 437. The van der Waals surface area contributed by atoms with Crippen molar-refractivity contribution in [2.45, 2.75) is 24.8 Å². The van der Waals surface area contributed by atoms with Gasteiger partial charge in [-0.3, -0.25) is 0 Å². The van der Waals surface area contributed by atoms with Gasteiger partial charge in [0.15, 0.2) is 0 Å². The largest absolute Gasteiger partial charge is 0.497 e. The van der Waals surface area contributed by atoms with Gasteiger partial charge in [-0.2, -0.15) is 13.2 Å². The second-order valence-corrected chi connectivity index (χ2v) is 4.40. The average molecular weight is 293 g/mol. The van der Waals surface area contributed by atoms with Gasteiger partial charge in [0.1, 0.15) is 11.9 Å². The van der Waals surface area contributed by atoms with Crippen molar-refractivity contribution in [3.63, 3.8) is 0 Å². The first-order valence-corrected chi connectivity index (χ1v) is 6.06. The fourth-order valence-corrected chi connectivity index (χ4v) is 1.75. The van der Waals surface area contributed by atoms with Crippen LogP contribution in [0, 0.1) is 0 Å². The van der Waals surface area contributed by atoms with E-state index in [9.17, 15) is 23.4 Å². The van der Waals surface area contributed by atoms with E-state index in [0.29, 0.717) is 6.54 Å². The van der Waals surface area contributed by atoms with Gasteiger partial charge in [-0.1, -0.05) is 0 Å².